The van der Waals surface area contributed by atoms with Crippen LogP contribution in [-0.4, -0.2) is 34.8 Å². The number of hydrogen-bond acceptors (Lipinski definition) is 4. The third kappa shape index (κ3) is 6.78. The molecule has 2 aromatic rings. The van der Waals surface area contributed by atoms with Crippen LogP contribution < -0.4 is 5.32 Å². The third-order valence-electron chi connectivity index (χ3n) is 5.22. The molecule has 0 fully saturated rings. The van der Waals surface area contributed by atoms with E-state index in [9.17, 15) is 23.1 Å². The second kappa shape index (κ2) is 11.2. The zero-order chi connectivity index (χ0) is 25.8. The SMILES string of the molecule is C=C(Cl)/C(=N\C=C(/C)C(O)c1ccco1)C1=CCN(C(=O)Nc2ccc(C(F)(F)F)c(Cl)c2)CC1. The van der Waals surface area contributed by atoms with E-state index in [1.165, 1.54) is 17.4 Å². The molecule has 0 aliphatic carbocycles. The molecule has 0 bridgehead atoms. The van der Waals surface area contributed by atoms with E-state index < -0.39 is 28.9 Å². The Morgan fingerprint density at radius 2 is 2.11 bits per heavy atom. The fourth-order valence-corrected chi connectivity index (χ4v) is 3.79. The lowest BCUT2D eigenvalue weighted by atomic mass is 10.0. The molecule has 0 saturated heterocycles. The summed E-state index contributed by atoms with van der Waals surface area (Å²) in [5.74, 6) is 0.382. The number of nitrogens with zero attached hydrogens (tertiary/aromatic N) is 2. The average Bonchev–Trinajstić information content (AvgIpc) is 3.33. The summed E-state index contributed by atoms with van der Waals surface area (Å²) < 4.78 is 43.8. The van der Waals surface area contributed by atoms with Gasteiger partial charge in [0.1, 0.15) is 11.9 Å². The second-order valence-electron chi connectivity index (χ2n) is 7.72. The Balaban J connectivity index is 1.68. The molecule has 2 heterocycles. The summed E-state index contributed by atoms with van der Waals surface area (Å²) in [6.07, 6.45) is -0.423. The molecule has 2 N–H and O–H groups in total. The first kappa shape index (κ1) is 26.6. The summed E-state index contributed by atoms with van der Waals surface area (Å²) in [4.78, 5) is 18.4. The van der Waals surface area contributed by atoms with Crippen molar-refractivity contribution < 1.29 is 27.5 Å². The standard InChI is InChI=1S/C24H22Cl2F3N3O3/c1-14(22(33)20-4-3-11-35-20)13-30-21(15(2)25)16-7-9-32(10-8-16)23(34)31-17-5-6-18(19(26)12-17)24(27,28)29/h3-7,11-13,22,33H,2,8-10H2,1H3,(H,31,34)/b14-13+,30-21+. The first-order valence-electron chi connectivity index (χ1n) is 10.4. The van der Waals surface area contributed by atoms with E-state index >= 15 is 0 Å². The molecule has 1 aromatic heterocycles. The van der Waals surface area contributed by atoms with Crippen LogP contribution in [0.4, 0.5) is 23.7 Å². The first-order chi connectivity index (χ1) is 16.5. The highest BCUT2D eigenvalue weighted by molar-refractivity contribution is 6.46. The average molecular weight is 528 g/mol. The molecule has 186 valence electrons. The number of rotatable bonds is 6. The minimum Gasteiger partial charge on any atom is -0.466 e. The minimum absolute atomic E-state index is 0.148. The van der Waals surface area contributed by atoms with Gasteiger partial charge < -0.3 is 19.7 Å². The molecule has 0 radical (unpaired) electrons. The first-order valence-corrected chi connectivity index (χ1v) is 11.2. The molecule has 1 aromatic carbocycles. The number of halogens is 5. The zero-order valence-electron chi connectivity index (χ0n) is 18.6. The van der Waals surface area contributed by atoms with Gasteiger partial charge in [-0.15, -0.1) is 0 Å². The fourth-order valence-electron chi connectivity index (χ4n) is 3.33. The number of urea groups is 1. The van der Waals surface area contributed by atoms with E-state index in [1.54, 1.807) is 25.1 Å². The predicted octanol–water partition coefficient (Wildman–Crippen LogP) is 6.95. The molecule has 1 unspecified atom stereocenters. The summed E-state index contributed by atoms with van der Waals surface area (Å²) >= 11 is 11.9. The third-order valence-corrected chi connectivity index (χ3v) is 5.72. The molecular weight excluding hydrogens is 506 g/mol. The summed E-state index contributed by atoms with van der Waals surface area (Å²) in [5, 5.41) is 12.6. The van der Waals surface area contributed by atoms with Gasteiger partial charge in [0.15, 0.2) is 0 Å². The van der Waals surface area contributed by atoms with E-state index in [0.29, 0.717) is 30.0 Å². The molecular formula is C24H22Cl2F3N3O3. The van der Waals surface area contributed by atoms with Crippen LogP contribution in [0.15, 0.2) is 81.0 Å². The number of allylic oxidation sites excluding steroid dienone is 1. The van der Waals surface area contributed by atoms with Crippen molar-refractivity contribution in [3.63, 3.8) is 0 Å². The van der Waals surface area contributed by atoms with Crippen molar-refractivity contribution in [1.82, 2.24) is 4.90 Å². The molecule has 0 spiro atoms. The number of aliphatic hydroxyl groups is 1. The van der Waals surface area contributed by atoms with Crippen LogP contribution in [0.1, 0.15) is 30.8 Å². The highest BCUT2D eigenvalue weighted by Crippen LogP contribution is 2.36. The molecule has 11 heteroatoms. The number of benzene rings is 1. The highest BCUT2D eigenvalue weighted by atomic mass is 35.5. The molecule has 2 amide bonds. The number of anilines is 1. The number of aliphatic hydroxyl groups excluding tert-OH is 1. The van der Waals surface area contributed by atoms with Gasteiger partial charge in [0.2, 0.25) is 0 Å². The van der Waals surface area contributed by atoms with E-state index in [0.717, 1.165) is 23.8 Å². The maximum absolute atomic E-state index is 12.9. The van der Waals surface area contributed by atoms with Gasteiger partial charge in [-0.1, -0.05) is 35.9 Å². The number of hydrogen-bond donors (Lipinski definition) is 2. The summed E-state index contributed by atoms with van der Waals surface area (Å²) in [7, 11) is 0. The molecule has 6 nitrogen and oxygen atoms in total. The van der Waals surface area contributed by atoms with Gasteiger partial charge in [-0.25, -0.2) is 4.79 Å². The lowest BCUT2D eigenvalue weighted by Gasteiger charge is -2.27. The normalized spacial score (nSPS) is 16.1. The van der Waals surface area contributed by atoms with Gasteiger partial charge in [-0.2, -0.15) is 13.2 Å². The number of amides is 2. The number of alkyl halides is 3. The van der Waals surface area contributed by atoms with Gasteiger partial charge in [0.25, 0.3) is 0 Å². The van der Waals surface area contributed by atoms with Crippen LogP contribution in [0.5, 0.6) is 0 Å². The van der Waals surface area contributed by atoms with Crippen molar-refractivity contribution in [2.75, 3.05) is 18.4 Å². The van der Waals surface area contributed by atoms with Crippen LogP contribution in [0, 0.1) is 0 Å². The molecule has 0 saturated carbocycles. The fraction of sp³-hybridized carbons (Fsp3) is 0.250. The summed E-state index contributed by atoms with van der Waals surface area (Å²) in [5.41, 5.74) is 0.894. The topological polar surface area (TPSA) is 78.1 Å². The maximum Gasteiger partial charge on any atom is 0.417 e. The Kier molecular flexibility index (Phi) is 8.47. The maximum atomic E-state index is 12.9. The lowest BCUT2D eigenvalue weighted by Crippen LogP contribution is -2.38. The summed E-state index contributed by atoms with van der Waals surface area (Å²) in [6, 6.07) is 5.85. The van der Waals surface area contributed by atoms with Crippen molar-refractivity contribution in [2.24, 2.45) is 4.99 Å². The molecule has 1 aliphatic rings. The quantitative estimate of drug-likeness (QED) is 0.399. The Morgan fingerprint density at radius 3 is 2.66 bits per heavy atom. The number of nitrogens with one attached hydrogen (secondary N) is 1. The van der Waals surface area contributed by atoms with E-state index in [-0.39, 0.29) is 17.3 Å². The minimum atomic E-state index is -4.58. The number of furan rings is 1. The van der Waals surface area contributed by atoms with Gasteiger partial charge in [0.05, 0.1) is 27.6 Å². The van der Waals surface area contributed by atoms with Crippen molar-refractivity contribution >= 4 is 40.6 Å². The highest BCUT2D eigenvalue weighted by Gasteiger charge is 2.33. The second-order valence-corrected chi connectivity index (χ2v) is 8.59. The van der Waals surface area contributed by atoms with E-state index in [2.05, 4.69) is 16.9 Å². The molecule has 3 rings (SSSR count). The Morgan fingerprint density at radius 1 is 1.37 bits per heavy atom. The van der Waals surface area contributed by atoms with Crippen LogP contribution in [0.3, 0.4) is 0 Å². The van der Waals surface area contributed by atoms with Crippen LogP contribution in [-0.2, 0) is 6.18 Å². The molecule has 1 atom stereocenters. The van der Waals surface area contributed by atoms with Crippen molar-refractivity contribution in [3.8, 4) is 0 Å². The Bertz CT molecular complexity index is 1190. The van der Waals surface area contributed by atoms with Crippen LogP contribution >= 0.6 is 23.2 Å². The lowest BCUT2D eigenvalue weighted by molar-refractivity contribution is -0.137. The van der Waals surface area contributed by atoms with Gasteiger partial charge in [-0.05, 0) is 54.8 Å². The monoisotopic (exact) mass is 527 g/mol. The molecule has 35 heavy (non-hydrogen) atoms. The smallest absolute Gasteiger partial charge is 0.417 e. The van der Waals surface area contributed by atoms with Crippen molar-refractivity contribution in [1.29, 1.82) is 0 Å². The van der Waals surface area contributed by atoms with E-state index in [4.69, 9.17) is 27.6 Å². The Labute approximate surface area is 210 Å². The van der Waals surface area contributed by atoms with Crippen LogP contribution in [0.2, 0.25) is 5.02 Å². The van der Waals surface area contributed by atoms with Crippen LogP contribution in [0.25, 0.3) is 0 Å². The zero-order valence-corrected chi connectivity index (χ0v) is 20.1. The van der Waals surface area contributed by atoms with E-state index in [1.807, 2.05) is 0 Å². The van der Waals surface area contributed by atoms with Crippen molar-refractivity contribution in [3.05, 3.63) is 88.0 Å². The predicted molar refractivity (Wildman–Crippen MR) is 130 cm³/mol. The summed E-state index contributed by atoms with van der Waals surface area (Å²) in [6.45, 7) is 5.97. The van der Waals surface area contributed by atoms with Gasteiger partial charge >= 0.3 is 12.2 Å². The van der Waals surface area contributed by atoms with Crippen molar-refractivity contribution in [2.45, 2.75) is 25.6 Å². The number of aliphatic imine (C=N–C) groups is 1. The van der Waals surface area contributed by atoms with Gasteiger partial charge in [0, 0.05) is 25.0 Å². The number of carbonyl (C=O) groups excluding carboxylic acids is 1. The largest absolute Gasteiger partial charge is 0.466 e. The van der Waals surface area contributed by atoms with Gasteiger partial charge in [-0.3, -0.25) is 4.99 Å². The number of carbonyl (C=O) groups is 1. The Hall–Kier alpha value is -3.01. The molecule has 1 aliphatic heterocycles.